The van der Waals surface area contributed by atoms with Crippen LogP contribution in [0, 0.1) is 11.8 Å². The molecule has 0 radical (unpaired) electrons. The fraction of sp³-hybridized carbons (Fsp3) is 0.538. The maximum absolute atomic E-state index is 12.1. The molecule has 7 nitrogen and oxygen atoms in total. The first-order chi connectivity index (χ1) is 9.66. The van der Waals surface area contributed by atoms with Gasteiger partial charge >= 0.3 is 5.97 Å². The molecule has 7 heteroatoms. The molecule has 1 aromatic heterocycles. The monoisotopic (exact) mass is 276 g/mol. The molecule has 1 aromatic rings. The molecular weight excluding hydrogens is 260 g/mol. The summed E-state index contributed by atoms with van der Waals surface area (Å²) in [4.78, 5) is 35.1. The van der Waals surface area contributed by atoms with Gasteiger partial charge in [0.15, 0.2) is 0 Å². The molecule has 106 valence electrons. The van der Waals surface area contributed by atoms with E-state index in [1.54, 1.807) is 23.5 Å². The lowest BCUT2D eigenvalue weighted by atomic mass is 10.2. The van der Waals surface area contributed by atoms with Crippen molar-refractivity contribution < 1.29 is 14.7 Å². The molecule has 1 saturated carbocycles. The molecule has 2 heterocycles. The fourth-order valence-corrected chi connectivity index (χ4v) is 2.59. The highest BCUT2D eigenvalue weighted by atomic mass is 16.4. The van der Waals surface area contributed by atoms with E-state index in [1.807, 2.05) is 0 Å². The van der Waals surface area contributed by atoms with Crippen LogP contribution < -0.4 is 4.90 Å². The van der Waals surface area contributed by atoms with Crippen molar-refractivity contribution in [1.29, 1.82) is 0 Å². The Morgan fingerprint density at radius 2 is 1.90 bits per heavy atom. The van der Waals surface area contributed by atoms with Crippen LogP contribution in [0.2, 0.25) is 0 Å². The largest absolute Gasteiger partial charge is 0.481 e. The van der Waals surface area contributed by atoms with Crippen LogP contribution in [0.15, 0.2) is 18.6 Å². The molecular formula is C13H16N4O3. The second-order valence-electron chi connectivity index (χ2n) is 5.16. The van der Waals surface area contributed by atoms with E-state index in [9.17, 15) is 9.59 Å². The van der Waals surface area contributed by atoms with Gasteiger partial charge in [0, 0.05) is 38.6 Å². The zero-order valence-electron chi connectivity index (χ0n) is 11.0. The van der Waals surface area contributed by atoms with Crippen molar-refractivity contribution in [2.45, 2.75) is 6.42 Å². The summed E-state index contributed by atoms with van der Waals surface area (Å²) >= 11 is 0. The van der Waals surface area contributed by atoms with Gasteiger partial charge in [-0.2, -0.15) is 0 Å². The molecule has 2 atom stereocenters. The minimum atomic E-state index is -0.860. The van der Waals surface area contributed by atoms with Gasteiger partial charge in [0.05, 0.1) is 18.0 Å². The molecule has 0 aromatic carbocycles. The van der Waals surface area contributed by atoms with Gasteiger partial charge < -0.3 is 14.9 Å². The maximum atomic E-state index is 12.1. The van der Waals surface area contributed by atoms with Gasteiger partial charge in [-0.15, -0.1) is 0 Å². The number of nitrogens with zero attached hydrogens (tertiary/aromatic N) is 4. The van der Waals surface area contributed by atoms with Gasteiger partial charge in [0.2, 0.25) is 5.91 Å². The number of carboxylic acids is 1. The van der Waals surface area contributed by atoms with E-state index in [2.05, 4.69) is 14.9 Å². The highest BCUT2D eigenvalue weighted by Gasteiger charge is 2.50. The average Bonchev–Trinajstić information content (AvgIpc) is 3.28. The lowest BCUT2D eigenvalue weighted by Crippen LogP contribution is -2.49. The van der Waals surface area contributed by atoms with E-state index in [-0.39, 0.29) is 11.8 Å². The van der Waals surface area contributed by atoms with Crippen LogP contribution in [-0.2, 0) is 9.59 Å². The summed E-state index contributed by atoms with van der Waals surface area (Å²) in [6, 6.07) is 0. The molecule has 0 bridgehead atoms. The van der Waals surface area contributed by atoms with Crippen LogP contribution in [0.1, 0.15) is 6.42 Å². The van der Waals surface area contributed by atoms with Crippen LogP contribution in [0.25, 0.3) is 0 Å². The van der Waals surface area contributed by atoms with Crippen molar-refractivity contribution in [2.75, 3.05) is 31.1 Å². The Bertz CT molecular complexity index is 514. The number of amides is 1. The van der Waals surface area contributed by atoms with Gasteiger partial charge in [-0.3, -0.25) is 14.6 Å². The molecule has 0 spiro atoms. The number of carbonyl (C=O) groups is 2. The molecule has 1 amide bonds. The Balaban J connectivity index is 1.54. The number of piperazine rings is 1. The standard InChI is InChI=1S/C13H16N4O3/c18-12(9-7-10(9)13(19)20)17-5-3-16(4-6-17)11-8-14-1-2-15-11/h1-2,8-10H,3-7H2,(H,19,20). The van der Waals surface area contributed by atoms with Gasteiger partial charge in [-0.1, -0.05) is 0 Å². The van der Waals surface area contributed by atoms with Crippen molar-refractivity contribution in [3.8, 4) is 0 Å². The second kappa shape index (κ2) is 5.07. The van der Waals surface area contributed by atoms with Crippen LogP contribution in [-0.4, -0.2) is 58.0 Å². The Morgan fingerprint density at radius 3 is 2.45 bits per heavy atom. The third-order valence-electron chi connectivity index (χ3n) is 3.89. The van der Waals surface area contributed by atoms with E-state index in [1.165, 1.54) is 0 Å². The smallest absolute Gasteiger partial charge is 0.307 e. The quantitative estimate of drug-likeness (QED) is 0.826. The van der Waals surface area contributed by atoms with Crippen molar-refractivity contribution in [3.63, 3.8) is 0 Å². The van der Waals surface area contributed by atoms with Crippen LogP contribution in [0.3, 0.4) is 0 Å². The van der Waals surface area contributed by atoms with Crippen LogP contribution >= 0.6 is 0 Å². The van der Waals surface area contributed by atoms with E-state index in [0.717, 1.165) is 5.82 Å². The Kier molecular flexibility index (Phi) is 3.25. The number of hydrogen-bond acceptors (Lipinski definition) is 5. The zero-order chi connectivity index (χ0) is 14.1. The molecule has 2 fully saturated rings. The van der Waals surface area contributed by atoms with Crippen molar-refractivity contribution in [2.24, 2.45) is 11.8 Å². The molecule has 1 saturated heterocycles. The van der Waals surface area contributed by atoms with Crippen molar-refractivity contribution >= 4 is 17.7 Å². The normalized spacial score (nSPS) is 25.4. The Morgan fingerprint density at radius 1 is 1.15 bits per heavy atom. The molecule has 3 rings (SSSR count). The number of aliphatic carboxylic acids is 1. The summed E-state index contributed by atoms with van der Waals surface area (Å²) in [5, 5.41) is 8.87. The predicted octanol–water partition coefficient (Wildman–Crippen LogP) is -0.154. The van der Waals surface area contributed by atoms with E-state index in [0.29, 0.717) is 32.6 Å². The van der Waals surface area contributed by atoms with Gasteiger partial charge in [-0.05, 0) is 6.42 Å². The molecule has 2 aliphatic rings. The molecule has 20 heavy (non-hydrogen) atoms. The van der Waals surface area contributed by atoms with Crippen LogP contribution in [0.5, 0.6) is 0 Å². The minimum absolute atomic E-state index is 0.0174. The van der Waals surface area contributed by atoms with E-state index < -0.39 is 11.9 Å². The third kappa shape index (κ3) is 2.43. The summed E-state index contributed by atoms with van der Waals surface area (Å²) < 4.78 is 0. The average molecular weight is 276 g/mol. The maximum Gasteiger partial charge on any atom is 0.307 e. The number of hydrogen-bond donors (Lipinski definition) is 1. The molecule has 2 unspecified atom stereocenters. The number of aromatic nitrogens is 2. The molecule has 1 aliphatic heterocycles. The fourth-order valence-electron chi connectivity index (χ4n) is 2.59. The number of rotatable bonds is 3. The van der Waals surface area contributed by atoms with Crippen molar-refractivity contribution in [1.82, 2.24) is 14.9 Å². The first kappa shape index (κ1) is 12.8. The summed E-state index contributed by atoms with van der Waals surface area (Å²) in [6.07, 6.45) is 5.47. The third-order valence-corrected chi connectivity index (χ3v) is 3.89. The molecule has 1 aliphatic carbocycles. The van der Waals surface area contributed by atoms with Gasteiger partial charge in [0.25, 0.3) is 0 Å². The Labute approximate surface area is 116 Å². The number of carbonyl (C=O) groups excluding carboxylic acids is 1. The summed E-state index contributed by atoms with van der Waals surface area (Å²) in [6.45, 7) is 2.63. The highest BCUT2D eigenvalue weighted by molar-refractivity contribution is 5.89. The lowest BCUT2D eigenvalue weighted by Gasteiger charge is -2.35. The summed E-state index contributed by atoms with van der Waals surface area (Å²) in [7, 11) is 0. The van der Waals surface area contributed by atoms with Crippen molar-refractivity contribution in [3.05, 3.63) is 18.6 Å². The number of carboxylic acid groups (broad SMARTS) is 1. The SMILES string of the molecule is O=C(O)C1CC1C(=O)N1CCN(c2cnccn2)CC1. The minimum Gasteiger partial charge on any atom is -0.481 e. The number of anilines is 1. The van der Waals surface area contributed by atoms with Gasteiger partial charge in [0.1, 0.15) is 5.82 Å². The second-order valence-corrected chi connectivity index (χ2v) is 5.16. The lowest BCUT2D eigenvalue weighted by molar-refractivity contribution is -0.142. The first-order valence-electron chi connectivity index (χ1n) is 6.69. The highest BCUT2D eigenvalue weighted by Crippen LogP contribution is 2.40. The summed E-state index contributed by atoms with van der Waals surface area (Å²) in [5.74, 6) is -0.844. The molecule has 1 N–H and O–H groups in total. The van der Waals surface area contributed by atoms with Gasteiger partial charge in [-0.25, -0.2) is 4.98 Å². The zero-order valence-corrected chi connectivity index (χ0v) is 11.0. The van der Waals surface area contributed by atoms with E-state index >= 15 is 0 Å². The predicted molar refractivity (Wildman–Crippen MR) is 70.1 cm³/mol. The van der Waals surface area contributed by atoms with Crippen LogP contribution in [0.4, 0.5) is 5.82 Å². The topological polar surface area (TPSA) is 86.6 Å². The summed E-state index contributed by atoms with van der Waals surface area (Å²) in [5.41, 5.74) is 0. The first-order valence-corrected chi connectivity index (χ1v) is 6.69. The Hall–Kier alpha value is -2.18. The van der Waals surface area contributed by atoms with E-state index in [4.69, 9.17) is 5.11 Å².